The molecule has 0 aliphatic carbocycles. The van der Waals surface area contributed by atoms with Crippen LogP contribution >= 0.6 is 0 Å². The van der Waals surface area contributed by atoms with Gasteiger partial charge in [-0.05, 0) is 0 Å². The molecule has 13 heavy (non-hydrogen) atoms. The highest BCUT2D eigenvalue weighted by Crippen LogP contribution is 2.30. The molecule has 1 aromatic rings. The fraction of sp³-hybridized carbons (Fsp3) is 0.286. The molecule has 0 unspecified atom stereocenters. The molecule has 2 N–H and O–H groups in total. The highest BCUT2D eigenvalue weighted by molar-refractivity contribution is 5.36. The summed E-state index contributed by atoms with van der Waals surface area (Å²) < 4.78 is 36.8. The summed E-state index contributed by atoms with van der Waals surface area (Å²) in [4.78, 5) is 3.00. The maximum atomic E-state index is 12.7. The summed E-state index contributed by atoms with van der Waals surface area (Å²) in [5.74, 6) is -2.00. The first-order valence-electron chi connectivity index (χ1n) is 3.33. The van der Waals surface area contributed by atoms with Crippen LogP contribution in [0.1, 0.15) is 17.7 Å². The number of rotatable bonds is 2. The van der Waals surface area contributed by atoms with Crippen LogP contribution in [0.5, 0.6) is 5.75 Å². The molecule has 0 saturated heterocycles. The molecule has 0 aliphatic heterocycles. The molecule has 3 nitrogen and oxygen atoms in total. The van der Waals surface area contributed by atoms with Gasteiger partial charge >= 0.3 is 0 Å². The number of hydrogen-bond donors (Lipinski definition) is 2. The highest BCUT2D eigenvalue weighted by atomic mass is 19.3. The van der Waals surface area contributed by atoms with Gasteiger partial charge in [0.1, 0.15) is 5.69 Å². The molecule has 72 valence electrons. The van der Waals surface area contributed by atoms with Crippen molar-refractivity contribution < 1.29 is 23.4 Å². The van der Waals surface area contributed by atoms with E-state index < -0.39 is 35.9 Å². The van der Waals surface area contributed by atoms with Crippen molar-refractivity contribution in [2.75, 3.05) is 0 Å². The molecule has 0 amide bonds. The number of aromatic hydroxyl groups is 1. The van der Waals surface area contributed by atoms with Crippen LogP contribution < -0.4 is 0 Å². The van der Waals surface area contributed by atoms with E-state index in [0.29, 0.717) is 6.20 Å². The van der Waals surface area contributed by atoms with Crippen molar-refractivity contribution in [1.29, 1.82) is 0 Å². The van der Waals surface area contributed by atoms with Gasteiger partial charge in [-0.15, -0.1) is 0 Å². The number of hydrogen-bond acceptors (Lipinski definition) is 3. The normalized spacial score (nSPS) is 10.8. The first kappa shape index (κ1) is 9.79. The lowest BCUT2D eigenvalue weighted by molar-refractivity contribution is 0.140. The van der Waals surface area contributed by atoms with Gasteiger partial charge in [-0.1, -0.05) is 0 Å². The van der Waals surface area contributed by atoms with Crippen molar-refractivity contribution >= 4 is 0 Å². The Bertz CT molecular complexity index is 317. The number of halogens is 3. The second kappa shape index (κ2) is 3.61. The second-order valence-electron chi connectivity index (χ2n) is 2.28. The van der Waals surface area contributed by atoms with Gasteiger partial charge in [0.2, 0.25) is 0 Å². The largest absolute Gasteiger partial charge is 0.505 e. The second-order valence-corrected chi connectivity index (χ2v) is 2.28. The number of nitrogens with zero attached hydrogens (tertiary/aromatic N) is 1. The van der Waals surface area contributed by atoms with E-state index in [1.54, 1.807) is 0 Å². The minimum Gasteiger partial charge on any atom is -0.505 e. The summed E-state index contributed by atoms with van der Waals surface area (Å²) in [5, 5.41) is 17.5. The van der Waals surface area contributed by atoms with Crippen LogP contribution in [0.3, 0.4) is 0 Å². The maximum Gasteiger partial charge on any atom is 0.284 e. The van der Waals surface area contributed by atoms with E-state index in [9.17, 15) is 13.2 Å². The average molecular weight is 193 g/mol. The van der Waals surface area contributed by atoms with Crippen LogP contribution in [0.25, 0.3) is 0 Å². The van der Waals surface area contributed by atoms with Crippen LogP contribution in [0, 0.1) is 5.82 Å². The monoisotopic (exact) mass is 193 g/mol. The molecule has 1 aromatic heterocycles. The molecule has 1 heterocycles. The fourth-order valence-electron chi connectivity index (χ4n) is 0.843. The van der Waals surface area contributed by atoms with E-state index in [2.05, 4.69) is 4.98 Å². The lowest BCUT2D eigenvalue weighted by Crippen LogP contribution is -1.98. The van der Waals surface area contributed by atoms with E-state index in [-0.39, 0.29) is 0 Å². The molecule has 0 aromatic carbocycles. The molecular formula is C7H6F3NO2. The van der Waals surface area contributed by atoms with Gasteiger partial charge in [-0.25, -0.2) is 18.2 Å². The van der Waals surface area contributed by atoms with Gasteiger partial charge in [-0.2, -0.15) is 0 Å². The third-order valence-electron chi connectivity index (χ3n) is 1.50. The van der Waals surface area contributed by atoms with Crippen LogP contribution in [0.15, 0.2) is 6.20 Å². The van der Waals surface area contributed by atoms with Gasteiger partial charge in [0.25, 0.3) is 6.43 Å². The summed E-state index contributed by atoms with van der Waals surface area (Å²) in [6.45, 7) is -0.847. The Hall–Kier alpha value is -1.30. The number of aliphatic hydroxyl groups is 1. The number of aliphatic hydroxyl groups excluding tert-OH is 1. The van der Waals surface area contributed by atoms with Gasteiger partial charge < -0.3 is 10.2 Å². The zero-order valence-electron chi connectivity index (χ0n) is 6.34. The lowest BCUT2D eigenvalue weighted by atomic mass is 10.2. The first-order chi connectivity index (χ1) is 6.07. The van der Waals surface area contributed by atoms with Crippen LogP contribution in [0.2, 0.25) is 0 Å². The Morgan fingerprint density at radius 1 is 1.46 bits per heavy atom. The van der Waals surface area contributed by atoms with E-state index in [1.807, 2.05) is 0 Å². The predicted molar refractivity (Wildman–Crippen MR) is 36.7 cm³/mol. The van der Waals surface area contributed by atoms with Crippen LogP contribution in [0.4, 0.5) is 13.2 Å². The third-order valence-corrected chi connectivity index (χ3v) is 1.50. The summed E-state index contributed by atoms with van der Waals surface area (Å²) in [6, 6.07) is 0. The molecule has 0 atom stereocenters. The predicted octanol–water partition coefficient (Wildman–Crippen LogP) is 1.36. The van der Waals surface area contributed by atoms with Gasteiger partial charge in [0.15, 0.2) is 11.6 Å². The smallest absolute Gasteiger partial charge is 0.284 e. The fourth-order valence-corrected chi connectivity index (χ4v) is 0.843. The quantitative estimate of drug-likeness (QED) is 0.745. The molecule has 0 bridgehead atoms. The minimum absolute atomic E-state index is 0.534. The van der Waals surface area contributed by atoms with Crippen molar-refractivity contribution in [3.63, 3.8) is 0 Å². The van der Waals surface area contributed by atoms with Crippen molar-refractivity contribution in [1.82, 2.24) is 4.98 Å². The Labute approximate surface area is 71.5 Å². The maximum absolute atomic E-state index is 12.7. The Balaban J connectivity index is 3.27. The molecular weight excluding hydrogens is 187 g/mol. The van der Waals surface area contributed by atoms with Gasteiger partial charge in [-0.3, -0.25) is 0 Å². The Morgan fingerprint density at radius 2 is 2.08 bits per heavy atom. The third kappa shape index (κ3) is 1.72. The lowest BCUT2D eigenvalue weighted by Gasteiger charge is -2.06. The zero-order chi connectivity index (χ0) is 10.0. The molecule has 0 fully saturated rings. The van der Waals surface area contributed by atoms with Gasteiger partial charge in [0.05, 0.1) is 18.4 Å². The summed E-state index contributed by atoms with van der Waals surface area (Å²) in [7, 11) is 0. The Morgan fingerprint density at radius 3 is 2.54 bits per heavy atom. The van der Waals surface area contributed by atoms with Crippen molar-refractivity contribution in [2.45, 2.75) is 13.0 Å². The molecule has 0 radical (unpaired) electrons. The van der Waals surface area contributed by atoms with Crippen molar-refractivity contribution in [3.05, 3.63) is 23.3 Å². The number of alkyl halides is 2. The van der Waals surface area contributed by atoms with Crippen molar-refractivity contribution in [3.8, 4) is 5.75 Å². The molecule has 1 rings (SSSR count). The number of pyridine rings is 1. The highest BCUT2D eigenvalue weighted by Gasteiger charge is 2.19. The van der Waals surface area contributed by atoms with Crippen LogP contribution in [-0.4, -0.2) is 15.2 Å². The number of aromatic nitrogens is 1. The van der Waals surface area contributed by atoms with Crippen molar-refractivity contribution in [2.24, 2.45) is 0 Å². The summed E-state index contributed by atoms with van der Waals surface area (Å²) in [5.41, 5.74) is -1.49. The standard InChI is InChI=1S/C7H6F3NO2/c8-4-1-11-5(7(9)10)6(13)3(4)2-12/h1,7,12-13H,2H2. The molecule has 6 heteroatoms. The summed E-state index contributed by atoms with van der Waals surface area (Å²) in [6.07, 6.45) is -2.46. The van der Waals surface area contributed by atoms with E-state index in [4.69, 9.17) is 10.2 Å². The molecule has 0 spiro atoms. The van der Waals surface area contributed by atoms with E-state index in [0.717, 1.165) is 0 Å². The molecule has 0 saturated carbocycles. The topological polar surface area (TPSA) is 53.4 Å². The van der Waals surface area contributed by atoms with E-state index >= 15 is 0 Å². The van der Waals surface area contributed by atoms with E-state index in [1.165, 1.54) is 0 Å². The summed E-state index contributed by atoms with van der Waals surface area (Å²) >= 11 is 0. The SMILES string of the molecule is OCc1c(F)cnc(C(F)F)c1O. The average Bonchev–Trinajstić information content (AvgIpc) is 2.04. The van der Waals surface area contributed by atoms with Gasteiger partial charge in [0, 0.05) is 0 Å². The Kier molecular flexibility index (Phi) is 2.72. The van der Waals surface area contributed by atoms with Crippen LogP contribution in [-0.2, 0) is 6.61 Å². The molecule has 0 aliphatic rings. The first-order valence-corrected chi connectivity index (χ1v) is 3.33. The minimum atomic E-state index is -2.99. The zero-order valence-corrected chi connectivity index (χ0v) is 6.34.